The smallest absolute Gasteiger partial charge is 0.326 e. The third kappa shape index (κ3) is 2.38. The number of aliphatic carboxylic acids is 1. The minimum Gasteiger partial charge on any atom is -0.481 e. The Kier molecular flexibility index (Phi) is 2.99. The molecule has 5 heteroatoms. The Labute approximate surface area is 97.7 Å². The Morgan fingerprint density at radius 3 is 2.94 bits per heavy atom. The summed E-state index contributed by atoms with van der Waals surface area (Å²) in [5, 5.41) is 8.55. The molecule has 0 aliphatic heterocycles. The van der Waals surface area contributed by atoms with Gasteiger partial charge >= 0.3 is 11.7 Å². The standard InChI is InChI=1S/C12H14N2O3/c1-14-10-6-5-8(3-2-4-11(15)16)7-9(10)13-12(14)17/h5-7H,2-4H2,1H3,(H,13,17)(H,15,16). The second kappa shape index (κ2) is 4.45. The van der Waals surface area contributed by atoms with Gasteiger partial charge in [-0.2, -0.15) is 0 Å². The lowest BCUT2D eigenvalue weighted by molar-refractivity contribution is -0.137. The van der Waals surface area contributed by atoms with E-state index in [9.17, 15) is 9.59 Å². The number of hydrogen-bond donors (Lipinski definition) is 2. The Hall–Kier alpha value is -2.04. The third-order valence-corrected chi connectivity index (χ3v) is 2.82. The van der Waals surface area contributed by atoms with Crippen molar-refractivity contribution in [1.29, 1.82) is 0 Å². The average molecular weight is 234 g/mol. The highest BCUT2D eigenvalue weighted by molar-refractivity contribution is 5.76. The Bertz CT molecular complexity index is 610. The summed E-state index contributed by atoms with van der Waals surface area (Å²) < 4.78 is 1.55. The molecule has 17 heavy (non-hydrogen) atoms. The monoisotopic (exact) mass is 234 g/mol. The number of carboxylic acids is 1. The van der Waals surface area contributed by atoms with E-state index in [2.05, 4.69) is 4.98 Å². The van der Waals surface area contributed by atoms with Crippen molar-refractivity contribution in [1.82, 2.24) is 9.55 Å². The van der Waals surface area contributed by atoms with Crippen LogP contribution in [0.3, 0.4) is 0 Å². The molecular weight excluding hydrogens is 220 g/mol. The summed E-state index contributed by atoms with van der Waals surface area (Å²) in [6.45, 7) is 0. The summed E-state index contributed by atoms with van der Waals surface area (Å²) in [7, 11) is 1.71. The van der Waals surface area contributed by atoms with Gasteiger partial charge in [0.25, 0.3) is 0 Å². The maximum absolute atomic E-state index is 11.4. The number of aryl methyl sites for hydroxylation is 2. The van der Waals surface area contributed by atoms with Crippen molar-refractivity contribution in [2.75, 3.05) is 0 Å². The van der Waals surface area contributed by atoms with Crippen molar-refractivity contribution in [2.24, 2.45) is 7.05 Å². The lowest BCUT2D eigenvalue weighted by atomic mass is 10.1. The van der Waals surface area contributed by atoms with Gasteiger partial charge in [0.15, 0.2) is 0 Å². The number of fused-ring (bicyclic) bond motifs is 1. The molecule has 0 fully saturated rings. The molecule has 2 N–H and O–H groups in total. The van der Waals surface area contributed by atoms with Crippen molar-refractivity contribution in [3.05, 3.63) is 34.2 Å². The van der Waals surface area contributed by atoms with E-state index in [1.165, 1.54) is 0 Å². The molecule has 2 rings (SSSR count). The minimum atomic E-state index is -0.779. The van der Waals surface area contributed by atoms with Gasteiger partial charge in [0, 0.05) is 13.5 Å². The first-order chi connectivity index (χ1) is 8.08. The number of carbonyl (C=O) groups is 1. The van der Waals surface area contributed by atoms with Crippen LogP contribution < -0.4 is 5.69 Å². The van der Waals surface area contributed by atoms with E-state index in [-0.39, 0.29) is 12.1 Å². The van der Waals surface area contributed by atoms with Crippen molar-refractivity contribution in [3.63, 3.8) is 0 Å². The summed E-state index contributed by atoms with van der Waals surface area (Å²) in [6, 6.07) is 5.71. The van der Waals surface area contributed by atoms with Crippen LogP contribution in [0, 0.1) is 0 Å². The zero-order valence-corrected chi connectivity index (χ0v) is 9.56. The van der Waals surface area contributed by atoms with Crippen LogP contribution in [0.1, 0.15) is 18.4 Å². The van der Waals surface area contributed by atoms with Gasteiger partial charge in [-0.15, -0.1) is 0 Å². The number of aromatic amines is 1. The number of nitrogens with zero attached hydrogens (tertiary/aromatic N) is 1. The summed E-state index contributed by atoms with van der Waals surface area (Å²) in [5.74, 6) is -0.779. The Morgan fingerprint density at radius 1 is 1.47 bits per heavy atom. The third-order valence-electron chi connectivity index (χ3n) is 2.82. The highest BCUT2D eigenvalue weighted by Gasteiger charge is 2.04. The van der Waals surface area contributed by atoms with Crippen LogP contribution >= 0.6 is 0 Å². The molecule has 0 atom stereocenters. The lowest BCUT2D eigenvalue weighted by Crippen LogP contribution is -2.11. The molecule has 1 aromatic heterocycles. The second-order valence-electron chi connectivity index (χ2n) is 4.09. The van der Waals surface area contributed by atoms with Crippen molar-refractivity contribution in [3.8, 4) is 0 Å². The molecule has 0 bridgehead atoms. The fraction of sp³-hybridized carbons (Fsp3) is 0.333. The van der Waals surface area contributed by atoms with Crippen LogP contribution in [-0.4, -0.2) is 20.6 Å². The number of imidazole rings is 1. The predicted molar refractivity (Wildman–Crippen MR) is 64.1 cm³/mol. The van der Waals surface area contributed by atoms with Gasteiger partial charge in [-0.25, -0.2) is 4.79 Å². The molecule has 0 aliphatic rings. The van der Waals surface area contributed by atoms with Gasteiger partial charge in [-0.3, -0.25) is 9.36 Å². The van der Waals surface area contributed by atoms with Crippen molar-refractivity contribution >= 4 is 17.0 Å². The first kappa shape index (κ1) is 11.4. The van der Waals surface area contributed by atoms with E-state index in [1.54, 1.807) is 11.6 Å². The molecule has 0 radical (unpaired) electrons. The number of rotatable bonds is 4. The zero-order valence-electron chi connectivity index (χ0n) is 9.56. The molecule has 1 aromatic carbocycles. The van der Waals surface area contributed by atoms with Crippen LogP contribution in [0.15, 0.2) is 23.0 Å². The number of nitrogens with one attached hydrogen (secondary N) is 1. The molecule has 0 saturated carbocycles. The van der Waals surface area contributed by atoms with Gasteiger partial charge in [0.2, 0.25) is 0 Å². The molecule has 0 spiro atoms. The highest BCUT2D eigenvalue weighted by Crippen LogP contribution is 2.13. The first-order valence-electron chi connectivity index (χ1n) is 5.47. The van der Waals surface area contributed by atoms with Gasteiger partial charge in [0.1, 0.15) is 0 Å². The second-order valence-corrected chi connectivity index (χ2v) is 4.09. The number of H-pyrrole nitrogens is 1. The molecular formula is C12H14N2O3. The van der Waals surface area contributed by atoms with Crippen LogP contribution in [-0.2, 0) is 18.3 Å². The molecule has 1 heterocycles. The molecule has 2 aromatic rings. The van der Waals surface area contributed by atoms with Crippen molar-refractivity contribution < 1.29 is 9.90 Å². The summed E-state index contributed by atoms with van der Waals surface area (Å²) in [4.78, 5) is 24.5. The Balaban J connectivity index is 2.20. The summed E-state index contributed by atoms with van der Waals surface area (Å²) in [5.41, 5.74) is 2.56. The van der Waals surface area contributed by atoms with Gasteiger partial charge < -0.3 is 10.1 Å². The van der Waals surface area contributed by atoms with Crippen LogP contribution in [0.5, 0.6) is 0 Å². The van der Waals surface area contributed by atoms with Crippen LogP contribution in [0.2, 0.25) is 0 Å². The fourth-order valence-corrected chi connectivity index (χ4v) is 1.88. The van der Waals surface area contributed by atoms with E-state index in [0.717, 1.165) is 16.6 Å². The quantitative estimate of drug-likeness (QED) is 0.836. The van der Waals surface area contributed by atoms with Gasteiger partial charge in [-0.05, 0) is 30.5 Å². The Morgan fingerprint density at radius 2 is 2.24 bits per heavy atom. The molecule has 0 saturated heterocycles. The normalized spacial score (nSPS) is 10.9. The van der Waals surface area contributed by atoms with Crippen LogP contribution in [0.25, 0.3) is 11.0 Å². The topological polar surface area (TPSA) is 75.1 Å². The maximum Gasteiger partial charge on any atom is 0.326 e. The molecule has 0 amide bonds. The fourth-order valence-electron chi connectivity index (χ4n) is 1.88. The van der Waals surface area contributed by atoms with E-state index in [1.807, 2.05) is 18.2 Å². The minimum absolute atomic E-state index is 0.136. The van der Waals surface area contributed by atoms with E-state index >= 15 is 0 Å². The molecule has 5 nitrogen and oxygen atoms in total. The highest BCUT2D eigenvalue weighted by atomic mass is 16.4. The predicted octanol–water partition coefficient (Wildman–Crippen LogP) is 1.27. The van der Waals surface area contributed by atoms with Gasteiger partial charge in [-0.1, -0.05) is 6.07 Å². The number of hydrogen-bond acceptors (Lipinski definition) is 2. The largest absolute Gasteiger partial charge is 0.481 e. The molecule has 0 unspecified atom stereocenters. The number of aromatic nitrogens is 2. The van der Waals surface area contributed by atoms with Crippen molar-refractivity contribution in [2.45, 2.75) is 19.3 Å². The first-order valence-corrected chi connectivity index (χ1v) is 5.47. The molecule has 90 valence electrons. The maximum atomic E-state index is 11.4. The lowest BCUT2D eigenvalue weighted by Gasteiger charge is -2.00. The number of benzene rings is 1. The van der Waals surface area contributed by atoms with E-state index < -0.39 is 5.97 Å². The SMILES string of the molecule is Cn1c(=O)[nH]c2cc(CCCC(=O)O)ccc21. The van der Waals surface area contributed by atoms with E-state index in [4.69, 9.17) is 5.11 Å². The van der Waals surface area contributed by atoms with E-state index in [0.29, 0.717) is 12.8 Å². The molecule has 0 aliphatic carbocycles. The van der Waals surface area contributed by atoms with Gasteiger partial charge in [0.05, 0.1) is 11.0 Å². The zero-order chi connectivity index (χ0) is 12.4. The van der Waals surface area contributed by atoms with Crippen LogP contribution in [0.4, 0.5) is 0 Å². The average Bonchev–Trinajstić information content (AvgIpc) is 2.54. The summed E-state index contributed by atoms with van der Waals surface area (Å²) >= 11 is 0. The number of carboxylic acid groups (broad SMARTS) is 1. The summed E-state index contributed by atoms with van der Waals surface area (Å²) in [6.07, 6.45) is 1.49.